The van der Waals surface area contributed by atoms with Crippen molar-refractivity contribution in [2.45, 2.75) is 12.1 Å². The molecule has 0 saturated heterocycles. The standard InChI is InChI=1S/C19H18ClN7O2S/c1-12(28)22-15-3-2-4-16(9-15)23-17(29)11-30-19-24-18(26-27-19)25-21-10-13-5-7-14(20)8-6-13/h2-10H,11H2,1H3,(H,22,28)(H,23,29)(H2,24,25,26,27)/b21-10+. The molecule has 4 N–H and O–H groups in total. The monoisotopic (exact) mass is 443 g/mol. The van der Waals surface area contributed by atoms with Crippen molar-refractivity contribution in [1.82, 2.24) is 15.2 Å². The highest BCUT2D eigenvalue weighted by molar-refractivity contribution is 7.99. The molecule has 3 aromatic rings. The van der Waals surface area contributed by atoms with Gasteiger partial charge in [-0.1, -0.05) is 41.6 Å². The molecule has 154 valence electrons. The number of amides is 2. The molecule has 2 aromatic carbocycles. The van der Waals surface area contributed by atoms with Gasteiger partial charge in [0.2, 0.25) is 22.9 Å². The topological polar surface area (TPSA) is 124 Å². The molecule has 1 aromatic heterocycles. The molecule has 0 saturated carbocycles. The van der Waals surface area contributed by atoms with Gasteiger partial charge in [-0.25, -0.2) is 10.5 Å². The van der Waals surface area contributed by atoms with Gasteiger partial charge in [0, 0.05) is 23.3 Å². The second kappa shape index (κ2) is 10.4. The van der Waals surface area contributed by atoms with E-state index in [0.717, 1.165) is 5.56 Å². The van der Waals surface area contributed by atoms with Crippen molar-refractivity contribution < 1.29 is 9.59 Å². The van der Waals surface area contributed by atoms with Crippen LogP contribution in [0.3, 0.4) is 0 Å². The lowest BCUT2D eigenvalue weighted by Gasteiger charge is -2.07. The minimum atomic E-state index is -0.222. The van der Waals surface area contributed by atoms with E-state index >= 15 is 0 Å². The molecule has 30 heavy (non-hydrogen) atoms. The van der Waals surface area contributed by atoms with Crippen molar-refractivity contribution >= 4 is 58.7 Å². The molecule has 9 nitrogen and oxygen atoms in total. The van der Waals surface area contributed by atoms with Crippen LogP contribution < -0.4 is 16.1 Å². The summed E-state index contributed by atoms with van der Waals surface area (Å²) in [6.07, 6.45) is 1.62. The number of aromatic nitrogens is 3. The first-order valence-electron chi connectivity index (χ1n) is 8.75. The summed E-state index contributed by atoms with van der Waals surface area (Å²) in [6.45, 7) is 1.42. The molecular formula is C19H18ClN7O2S. The lowest BCUT2D eigenvalue weighted by Crippen LogP contribution is -2.14. The summed E-state index contributed by atoms with van der Waals surface area (Å²) in [5.41, 5.74) is 4.80. The van der Waals surface area contributed by atoms with Crippen LogP contribution in [0.15, 0.2) is 58.8 Å². The zero-order valence-corrected chi connectivity index (χ0v) is 17.4. The van der Waals surface area contributed by atoms with Gasteiger partial charge in [0.1, 0.15) is 0 Å². The van der Waals surface area contributed by atoms with E-state index < -0.39 is 0 Å². The average Bonchev–Trinajstić information content (AvgIpc) is 3.15. The maximum absolute atomic E-state index is 12.1. The molecule has 3 rings (SSSR count). The predicted molar refractivity (Wildman–Crippen MR) is 119 cm³/mol. The molecule has 0 atom stereocenters. The summed E-state index contributed by atoms with van der Waals surface area (Å²) < 4.78 is 0. The summed E-state index contributed by atoms with van der Waals surface area (Å²) >= 11 is 7.01. The highest BCUT2D eigenvalue weighted by Crippen LogP contribution is 2.17. The molecular weight excluding hydrogens is 426 g/mol. The molecule has 0 aliphatic heterocycles. The van der Waals surface area contributed by atoms with E-state index in [1.54, 1.807) is 42.6 Å². The van der Waals surface area contributed by atoms with E-state index in [2.05, 4.69) is 36.3 Å². The molecule has 0 aliphatic rings. The Kier molecular flexibility index (Phi) is 7.41. The van der Waals surface area contributed by atoms with E-state index in [4.69, 9.17) is 11.6 Å². The molecule has 11 heteroatoms. The Balaban J connectivity index is 1.46. The van der Waals surface area contributed by atoms with Gasteiger partial charge >= 0.3 is 0 Å². The van der Waals surface area contributed by atoms with Crippen LogP contribution in [0.2, 0.25) is 5.02 Å². The minimum absolute atomic E-state index is 0.121. The number of benzene rings is 2. The van der Waals surface area contributed by atoms with Crippen LogP contribution in [-0.4, -0.2) is 39.0 Å². The van der Waals surface area contributed by atoms with Crippen LogP contribution in [0, 0.1) is 0 Å². The number of nitrogens with one attached hydrogen (secondary N) is 4. The van der Waals surface area contributed by atoms with Crippen molar-refractivity contribution in [3.05, 3.63) is 59.1 Å². The first-order valence-corrected chi connectivity index (χ1v) is 10.1. The van der Waals surface area contributed by atoms with Crippen LogP contribution in [0.5, 0.6) is 0 Å². The maximum atomic E-state index is 12.1. The lowest BCUT2D eigenvalue weighted by molar-refractivity contribution is -0.114. The summed E-state index contributed by atoms with van der Waals surface area (Å²) in [6, 6.07) is 14.1. The Labute approximate surface area is 181 Å². The third-order valence-electron chi connectivity index (χ3n) is 3.52. The Morgan fingerprint density at radius 2 is 1.90 bits per heavy atom. The molecule has 1 heterocycles. The second-order valence-electron chi connectivity index (χ2n) is 5.99. The number of anilines is 3. The summed E-state index contributed by atoms with van der Waals surface area (Å²) in [7, 11) is 0. The highest BCUT2D eigenvalue weighted by atomic mass is 35.5. The summed E-state index contributed by atoms with van der Waals surface area (Å²) in [5, 5.41) is 17.3. The number of rotatable bonds is 8. The summed E-state index contributed by atoms with van der Waals surface area (Å²) in [5.74, 6) is 0.0714. The molecule has 0 aliphatic carbocycles. The molecule has 0 unspecified atom stereocenters. The highest BCUT2D eigenvalue weighted by Gasteiger charge is 2.08. The number of H-pyrrole nitrogens is 1. The Bertz CT molecular complexity index is 1050. The van der Waals surface area contributed by atoms with Crippen molar-refractivity contribution in [2.24, 2.45) is 5.10 Å². The van der Waals surface area contributed by atoms with Gasteiger partial charge < -0.3 is 10.6 Å². The molecule has 0 bridgehead atoms. The first-order chi connectivity index (χ1) is 14.5. The lowest BCUT2D eigenvalue weighted by atomic mass is 10.2. The van der Waals surface area contributed by atoms with Gasteiger partial charge in [-0.15, -0.1) is 5.10 Å². The van der Waals surface area contributed by atoms with Crippen LogP contribution in [0.4, 0.5) is 17.3 Å². The number of aromatic amines is 1. The van der Waals surface area contributed by atoms with E-state index in [-0.39, 0.29) is 17.6 Å². The van der Waals surface area contributed by atoms with Crippen molar-refractivity contribution in [2.75, 3.05) is 21.8 Å². The van der Waals surface area contributed by atoms with Crippen LogP contribution in [0.25, 0.3) is 0 Å². The Morgan fingerprint density at radius 1 is 1.17 bits per heavy atom. The number of hydrazone groups is 1. The number of carbonyl (C=O) groups excluding carboxylic acids is 2. The number of hydrogen-bond acceptors (Lipinski definition) is 7. The SMILES string of the molecule is CC(=O)Nc1cccc(NC(=O)CSc2n[nH]c(N/N=C/c3ccc(Cl)cc3)n2)c1. The largest absolute Gasteiger partial charge is 0.326 e. The number of thioether (sulfide) groups is 1. The van der Waals surface area contributed by atoms with E-state index in [1.807, 2.05) is 12.1 Å². The van der Waals surface area contributed by atoms with E-state index in [0.29, 0.717) is 27.5 Å². The van der Waals surface area contributed by atoms with Gasteiger partial charge in [0.15, 0.2) is 0 Å². The van der Waals surface area contributed by atoms with Gasteiger partial charge in [0.05, 0.1) is 12.0 Å². The van der Waals surface area contributed by atoms with Crippen molar-refractivity contribution in [3.63, 3.8) is 0 Å². The van der Waals surface area contributed by atoms with Crippen LogP contribution in [0.1, 0.15) is 12.5 Å². The Hall–Kier alpha value is -3.37. The zero-order chi connectivity index (χ0) is 21.3. The van der Waals surface area contributed by atoms with E-state index in [9.17, 15) is 9.59 Å². The molecule has 0 radical (unpaired) electrons. The third kappa shape index (κ3) is 6.90. The molecule has 0 spiro atoms. The number of halogens is 1. The maximum Gasteiger partial charge on any atom is 0.240 e. The number of carbonyl (C=O) groups is 2. The smallest absolute Gasteiger partial charge is 0.240 e. The molecule has 0 fully saturated rings. The van der Waals surface area contributed by atoms with Crippen molar-refractivity contribution in [1.29, 1.82) is 0 Å². The van der Waals surface area contributed by atoms with Crippen LogP contribution in [-0.2, 0) is 9.59 Å². The third-order valence-corrected chi connectivity index (χ3v) is 4.62. The van der Waals surface area contributed by atoms with Crippen molar-refractivity contribution in [3.8, 4) is 0 Å². The Morgan fingerprint density at radius 3 is 2.63 bits per heavy atom. The average molecular weight is 444 g/mol. The summed E-state index contributed by atoms with van der Waals surface area (Å²) in [4.78, 5) is 27.5. The quantitative estimate of drug-likeness (QED) is 0.239. The minimum Gasteiger partial charge on any atom is -0.326 e. The fourth-order valence-corrected chi connectivity index (χ4v) is 3.01. The normalized spacial score (nSPS) is 10.7. The van der Waals surface area contributed by atoms with Gasteiger partial charge in [0.25, 0.3) is 0 Å². The fourth-order valence-electron chi connectivity index (χ4n) is 2.28. The molecule has 2 amide bonds. The van der Waals surface area contributed by atoms with Crippen LogP contribution >= 0.6 is 23.4 Å². The fraction of sp³-hybridized carbons (Fsp3) is 0.105. The van der Waals surface area contributed by atoms with Gasteiger partial charge in [-0.3, -0.25) is 9.59 Å². The van der Waals surface area contributed by atoms with E-state index in [1.165, 1.54) is 18.7 Å². The predicted octanol–water partition coefficient (Wildman–Crippen LogP) is 3.59. The van der Waals surface area contributed by atoms with Gasteiger partial charge in [-0.2, -0.15) is 10.1 Å². The number of hydrogen-bond donors (Lipinski definition) is 4. The van der Waals surface area contributed by atoms with Gasteiger partial charge in [-0.05, 0) is 35.9 Å². The second-order valence-corrected chi connectivity index (χ2v) is 7.37. The first kappa shape index (κ1) is 21.3. The zero-order valence-electron chi connectivity index (χ0n) is 15.8. The number of nitrogens with zero attached hydrogens (tertiary/aromatic N) is 3.